The molecule has 4 atom stereocenters. The van der Waals surface area contributed by atoms with Crippen molar-refractivity contribution in [3.63, 3.8) is 0 Å². The molecule has 3 nitrogen and oxygen atoms in total. The van der Waals surface area contributed by atoms with E-state index in [1.807, 2.05) is 0 Å². The Kier molecular flexibility index (Phi) is 3.60. The van der Waals surface area contributed by atoms with Gasteiger partial charge in [-0.15, -0.1) is 0 Å². The molecule has 2 aromatic rings. The Labute approximate surface area is 142 Å². The third-order valence-corrected chi connectivity index (χ3v) is 5.33. The van der Waals surface area contributed by atoms with Gasteiger partial charge in [0.2, 0.25) is 0 Å². The second-order valence-electron chi connectivity index (χ2n) is 6.83. The van der Waals surface area contributed by atoms with Crippen molar-refractivity contribution in [1.29, 1.82) is 0 Å². The van der Waals surface area contributed by atoms with Gasteiger partial charge in [0, 0.05) is 11.5 Å². The van der Waals surface area contributed by atoms with Crippen molar-refractivity contribution in [3.05, 3.63) is 53.6 Å². The molecule has 2 aromatic carbocycles. The van der Waals surface area contributed by atoms with Crippen molar-refractivity contribution < 1.29 is 28.1 Å². The van der Waals surface area contributed by atoms with Crippen LogP contribution in [0.2, 0.25) is 0 Å². The van der Waals surface area contributed by atoms with Crippen LogP contribution in [0.15, 0.2) is 42.5 Å². The Balaban J connectivity index is 1.77. The first-order valence-electron chi connectivity index (χ1n) is 8.18. The number of benzene rings is 2. The molecule has 0 spiro atoms. The molecule has 2 N–H and O–H groups in total. The Morgan fingerprint density at radius 1 is 0.920 bits per heavy atom. The average Bonchev–Trinajstić information content (AvgIpc) is 3.01. The molecule has 1 fully saturated rings. The molecular weight excluding hydrogens is 333 g/mol. The third kappa shape index (κ3) is 2.79. The number of phenols is 2. The normalized spacial score (nSPS) is 28.1. The molecule has 6 heteroatoms. The lowest BCUT2D eigenvalue weighted by atomic mass is 9.80. The van der Waals surface area contributed by atoms with E-state index in [1.54, 1.807) is 18.2 Å². The maximum Gasteiger partial charge on any atom is 0.391 e. The molecule has 1 heterocycles. The summed E-state index contributed by atoms with van der Waals surface area (Å²) in [5, 5.41) is 19.2. The molecule has 0 saturated heterocycles. The summed E-state index contributed by atoms with van der Waals surface area (Å²) in [6, 6.07) is 11.0. The van der Waals surface area contributed by atoms with Crippen molar-refractivity contribution in [2.75, 3.05) is 0 Å². The molecule has 25 heavy (non-hydrogen) atoms. The van der Waals surface area contributed by atoms with Gasteiger partial charge >= 0.3 is 6.18 Å². The van der Waals surface area contributed by atoms with E-state index >= 15 is 0 Å². The number of ether oxygens (including phenoxy) is 1. The summed E-state index contributed by atoms with van der Waals surface area (Å²) < 4.78 is 46.0. The predicted molar refractivity (Wildman–Crippen MR) is 84.6 cm³/mol. The molecular formula is C19H17F3O3. The van der Waals surface area contributed by atoms with Crippen molar-refractivity contribution in [3.8, 4) is 17.2 Å². The van der Waals surface area contributed by atoms with Gasteiger partial charge in [0.15, 0.2) is 0 Å². The van der Waals surface area contributed by atoms with E-state index in [-0.39, 0.29) is 36.2 Å². The van der Waals surface area contributed by atoms with E-state index in [4.69, 9.17) is 4.74 Å². The summed E-state index contributed by atoms with van der Waals surface area (Å²) in [6.07, 6.45) is -4.75. The first-order chi connectivity index (χ1) is 11.8. The van der Waals surface area contributed by atoms with E-state index in [0.717, 1.165) is 5.56 Å². The van der Waals surface area contributed by atoms with Crippen LogP contribution >= 0.6 is 0 Å². The van der Waals surface area contributed by atoms with Crippen molar-refractivity contribution in [1.82, 2.24) is 0 Å². The van der Waals surface area contributed by atoms with Crippen LogP contribution < -0.4 is 4.74 Å². The fraction of sp³-hybridized carbons (Fsp3) is 0.368. The van der Waals surface area contributed by atoms with E-state index in [2.05, 4.69) is 0 Å². The van der Waals surface area contributed by atoms with Gasteiger partial charge in [0.1, 0.15) is 23.4 Å². The van der Waals surface area contributed by atoms with Gasteiger partial charge < -0.3 is 14.9 Å². The summed E-state index contributed by atoms with van der Waals surface area (Å²) in [5.41, 5.74) is 1.39. The highest BCUT2D eigenvalue weighted by molar-refractivity contribution is 5.46. The molecule has 0 bridgehead atoms. The topological polar surface area (TPSA) is 49.7 Å². The summed E-state index contributed by atoms with van der Waals surface area (Å²) in [6.45, 7) is 0. The second kappa shape index (κ2) is 5.58. The number of phenolic OH excluding ortho intramolecular Hbond substituents is 2. The van der Waals surface area contributed by atoms with E-state index in [0.29, 0.717) is 11.3 Å². The highest BCUT2D eigenvalue weighted by Crippen LogP contribution is 2.58. The number of aromatic hydroxyl groups is 2. The number of alkyl halides is 3. The lowest BCUT2D eigenvalue weighted by Gasteiger charge is -2.36. The average molecular weight is 350 g/mol. The summed E-state index contributed by atoms with van der Waals surface area (Å²) in [4.78, 5) is 0. The molecule has 2 aliphatic rings. The van der Waals surface area contributed by atoms with Crippen LogP contribution in [0.3, 0.4) is 0 Å². The predicted octanol–water partition coefficient (Wildman–Crippen LogP) is 4.90. The van der Waals surface area contributed by atoms with E-state index in [9.17, 15) is 23.4 Å². The summed E-state index contributed by atoms with van der Waals surface area (Å²) >= 11 is 0. The minimum atomic E-state index is -4.24. The minimum Gasteiger partial charge on any atom is -0.508 e. The summed E-state index contributed by atoms with van der Waals surface area (Å²) in [7, 11) is 0. The molecule has 0 radical (unpaired) electrons. The fourth-order valence-corrected chi connectivity index (χ4v) is 4.17. The van der Waals surface area contributed by atoms with E-state index in [1.165, 1.54) is 24.3 Å². The summed E-state index contributed by atoms with van der Waals surface area (Å²) in [5.74, 6) is -1.38. The molecule has 1 saturated carbocycles. The lowest BCUT2D eigenvalue weighted by molar-refractivity contribution is -0.173. The van der Waals surface area contributed by atoms with Crippen molar-refractivity contribution in [2.45, 2.75) is 31.0 Å². The third-order valence-electron chi connectivity index (χ3n) is 5.33. The van der Waals surface area contributed by atoms with Gasteiger partial charge in [-0.25, -0.2) is 0 Å². The smallest absolute Gasteiger partial charge is 0.391 e. The zero-order valence-corrected chi connectivity index (χ0v) is 13.2. The molecule has 1 aliphatic heterocycles. The molecule has 0 unspecified atom stereocenters. The number of halogens is 3. The molecule has 0 aromatic heterocycles. The zero-order valence-electron chi connectivity index (χ0n) is 13.2. The van der Waals surface area contributed by atoms with Gasteiger partial charge in [-0.05, 0) is 54.7 Å². The molecule has 1 aliphatic carbocycles. The SMILES string of the molecule is Oc1ccc([C@H]2Oc3ccc(O)cc3[C@H]3C[C@@H](C(F)(F)F)C[C@H]32)cc1. The lowest BCUT2D eigenvalue weighted by Crippen LogP contribution is -2.27. The maximum absolute atomic E-state index is 13.3. The van der Waals surface area contributed by atoms with Gasteiger partial charge in [0.25, 0.3) is 0 Å². The van der Waals surface area contributed by atoms with Gasteiger partial charge in [-0.2, -0.15) is 13.2 Å². The number of rotatable bonds is 1. The van der Waals surface area contributed by atoms with Gasteiger partial charge in [-0.3, -0.25) is 0 Å². The zero-order chi connectivity index (χ0) is 17.8. The Morgan fingerprint density at radius 3 is 2.28 bits per heavy atom. The molecule has 0 amide bonds. The largest absolute Gasteiger partial charge is 0.508 e. The van der Waals surface area contributed by atoms with Crippen LogP contribution in [0.5, 0.6) is 17.2 Å². The minimum absolute atomic E-state index is 0.00254. The number of hydrogen-bond acceptors (Lipinski definition) is 3. The van der Waals surface area contributed by atoms with Crippen LogP contribution in [0.4, 0.5) is 13.2 Å². The standard InChI is InChI=1S/C19H17F3O3/c20-19(21,22)11-7-14-15-9-13(24)5-6-17(15)25-18(16(14)8-11)10-1-3-12(23)4-2-10/h1-6,9,11,14,16,18,23-24H,7-8H2/t11-,14-,16-,18-/m1/s1. The quantitative estimate of drug-likeness (QED) is 0.769. The Hall–Kier alpha value is -2.37. The van der Waals surface area contributed by atoms with Crippen LogP contribution in [0.25, 0.3) is 0 Å². The highest BCUT2D eigenvalue weighted by Gasteiger charge is 2.53. The Morgan fingerprint density at radius 2 is 1.60 bits per heavy atom. The van der Waals surface area contributed by atoms with Crippen molar-refractivity contribution >= 4 is 0 Å². The maximum atomic E-state index is 13.3. The van der Waals surface area contributed by atoms with Gasteiger partial charge in [-0.1, -0.05) is 12.1 Å². The Bertz CT molecular complexity index is 785. The van der Waals surface area contributed by atoms with Crippen LogP contribution in [0, 0.1) is 11.8 Å². The van der Waals surface area contributed by atoms with Crippen molar-refractivity contribution in [2.24, 2.45) is 11.8 Å². The molecule has 4 rings (SSSR count). The molecule has 132 valence electrons. The van der Waals surface area contributed by atoms with Crippen LogP contribution in [-0.4, -0.2) is 16.4 Å². The first kappa shape index (κ1) is 16.1. The van der Waals surface area contributed by atoms with Crippen LogP contribution in [-0.2, 0) is 0 Å². The monoisotopic (exact) mass is 350 g/mol. The highest BCUT2D eigenvalue weighted by atomic mass is 19.4. The first-order valence-corrected chi connectivity index (χ1v) is 8.18. The number of hydrogen-bond donors (Lipinski definition) is 2. The second-order valence-corrected chi connectivity index (χ2v) is 6.83. The number of fused-ring (bicyclic) bond motifs is 3. The van der Waals surface area contributed by atoms with E-state index < -0.39 is 18.2 Å². The fourth-order valence-electron chi connectivity index (χ4n) is 4.17. The van der Waals surface area contributed by atoms with Gasteiger partial charge in [0.05, 0.1) is 5.92 Å². The van der Waals surface area contributed by atoms with Crippen LogP contribution in [0.1, 0.15) is 36.0 Å².